The molecule has 0 saturated heterocycles. The van der Waals surface area contributed by atoms with Gasteiger partial charge in [-0.2, -0.15) is 11.8 Å². The number of carbonyl (C=O) groups is 5. The third kappa shape index (κ3) is 12.1. The van der Waals surface area contributed by atoms with Gasteiger partial charge in [0.2, 0.25) is 23.6 Å². The number of amides is 4. The lowest BCUT2D eigenvalue weighted by molar-refractivity contribution is -0.132. The quantitative estimate of drug-likeness (QED) is 0.321. The molecule has 29 heavy (non-hydrogen) atoms. The molecule has 0 fully saturated rings. The molecular formula is C19H34N4O5S. The van der Waals surface area contributed by atoms with Crippen LogP contribution in [0.3, 0.4) is 0 Å². The Kier molecular flexibility index (Phi) is 13.0. The number of Topliss-reactive ketones (excluding diaryl/α,β-unsaturated/α-hetero) is 1. The van der Waals surface area contributed by atoms with Crippen LogP contribution in [0.15, 0.2) is 0 Å². The molecule has 0 radical (unpaired) electrons. The number of hydrogen-bond acceptors (Lipinski definition) is 6. The summed E-state index contributed by atoms with van der Waals surface area (Å²) in [6, 6.07) is -1.72. The van der Waals surface area contributed by atoms with Gasteiger partial charge in [-0.1, -0.05) is 20.8 Å². The van der Waals surface area contributed by atoms with Gasteiger partial charge in [-0.25, -0.2) is 0 Å². The lowest BCUT2D eigenvalue weighted by Crippen LogP contribution is -2.55. The molecule has 0 unspecified atom stereocenters. The Balaban J connectivity index is 4.62. The number of hydrogen-bond donors (Lipinski definition) is 4. The fourth-order valence-corrected chi connectivity index (χ4v) is 3.06. The van der Waals surface area contributed by atoms with Crippen molar-refractivity contribution in [2.45, 2.75) is 53.1 Å². The van der Waals surface area contributed by atoms with E-state index < -0.39 is 29.8 Å². The Labute approximate surface area is 176 Å². The Hall–Kier alpha value is -2.10. The zero-order valence-electron chi connectivity index (χ0n) is 18.1. The molecule has 9 nitrogen and oxygen atoms in total. The lowest BCUT2D eigenvalue weighted by atomic mass is 9.98. The van der Waals surface area contributed by atoms with Crippen molar-refractivity contribution in [3.8, 4) is 0 Å². The maximum Gasteiger partial charge on any atom is 0.244 e. The smallest absolute Gasteiger partial charge is 0.244 e. The third-order valence-electron chi connectivity index (χ3n) is 3.94. The van der Waals surface area contributed by atoms with E-state index in [2.05, 4.69) is 21.3 Å². The topological polar surface area (TPSA) is 133 Å². The van der Waals surface area contributed by atoms with Crippen molar-refractivity contribution in [3.05, 3.63) is 0 Å². The molecule has 0 aliphatic rings. The summed E-state index contributed by atoms with van der Waals surface area (Å²) < 4.78 is 0. The van der Waals surface area contributed by atoms with Gasteiger partial charge >= 0.3 is 0 Å². The van der Waals surface area contributed by atoms with Crippen LogP contribution in [0.2, 0.25) is 0 Å². The predicted octanol–water partition coefficient (Wildman–Crippen LogP) is -0.157. The summed E-state index contributed by atoms with van der Waals surface area (Å²) in [7, 11) is 0. The van der Waals surface area contributed by atoms with Gasteiger partial charge in [0, 0.05) is 11.7 Å². The highest BCUT2D eigenvalue weighted by atomic mass is 32.2. The maximum absolute atomic E-state index is 12.4. The summed E-state index contributed by atoms with van der Waals surface area (Å²) in [6.07, 6.45) is 2.50. The van der Waals surface area contributed by atoms with Crippen molar-refractivity contribution >= 4 is 41.2 Å². The Morgan fingerprint density at radius 3 is 1.93 bits per heavy atom. The van der Waals surface area contributed by atoms with Gasteiger partial charge in [0.1, 0.15) is 17.9 Å². The van der Waals surface area contributed by atoms with Gasteiger partial charge in [-0.15, -0.1) is 0 Å². The molecule has 0 rings (SSSR count). The highest BCUT2D eigenvalue weighted by molar-refractivity contribution is 7.98. The summed E-state index contributed by atoms with van der Waals surface area (Å²) in [4.78, 5) is 59.4. The SMILES string of the molecule is CSC[C@H](NC(=O)CNC(=O)[C@@H](C)CC(C)C)C(=O)N[C@@H](C)C(=O)NCC(C)=O. The normalized spacial score (nSPS) is 13.8. The minimum absolute atomic E-state index is 0.112. The first-order valence-corrected chi connectivity index (χ1v) is 11.0. The van der Waals surface area contributed by atoms with Crippen molar-refractivity contribution in [2.24, 2.45) is 11.8 Å². The highest BCUT2D eigenvalue weighted by Crippen LogP contribution is 2.10. The molecule has 0 aromatic rings. The van der Waals surface area contributed by atoms with E-state index in [1.807, 2.05) is 13.8 Å². The Morgan fingerprint density at radius 2 is 1.41 bits per heavy atom. The maximum atomic E-state index is 12.4. The molecule has 10 heteroatoms. The molecule has 4 amide bonds. The fraction of sp³-hybridized carbons (Fsp3) is 0.737. The monoisotopic (exact) mass is 430 g/mol. The first kappa shape index (κ1) is 26.9. The van der Waals surface area contributed by atoms with Crippen molar-refractivity contribution in [1.29, 1.82) is 0 Å². The first-order valence-electron chi connectivity index (χ1n) is 9.61. The summed E-state index contributed by atoms with van der Waals surface area (Å²) in [5.41, 5.74) is 0. The van der Waals surface area contributed by atoms with Gasteiger partial charge in [0.15, 0.2) is 0 Å². The zero-order valence-corrected chi connectivity index (χ0v) is 18.9. The summed E-state index contributed by atoms with van der Waals surface area (Å²) in [6.45, 7) is 8.33. The summed E-state index contributed by atoms with van der Waals surface area (Å²) in [5.74, 6) is -1.44. The van der Waals surface area contributed by atoms with E-state index in [-0.39, 0.29) is 30.7 Å². The van der Waals surface area contributed by atoms with Crippen LogP contribution in [0, 0.1) is 11.8 Å². The molecule has 166 valence electrons. The Morgan fingerprint density at radius 1 is 0.828 bits per heavy atom. The van der Waals surface area contributed by atoms with Crippen LogP contribution in [0.25, 0.3) is 0 Å². The van der Waals surface area contributed by atoms with E-state index in [0.717, 1.165) is 0 Å². The second-order valence-corrected chi connectivity index (χ2v) is 8.38. The van der Waals surface area contributed by atoms with E-state index in [4.69, 9.17) is 0 Å². The van der Waals surface area contributed by atoms with E-state index in [0.29, 0.717) is 18.1 Å². The van der Waals surface area contributed by atoms with Crippen LogP contribution in [0.4, 0.5) is 0 Å². The lowest BCUT2D eigenvalue weighted by Gasteiger charge is -2.21. The molecule has 0 aromatic carbocycles. The summed E-state index contributed by atoms with van der Waals surface area (Å²) >= 11 is 1.36. The molecule has 4 N–H and O–H groups in total. The van der Waals surface area contributed by atoms with E-state index in [1.165, 1.54) is 25.6 Å². The number of ketones is 1. The average molecular weight is 431 g/mol. The van der Waals surface area contributed by atoms with Crippen LogP contribution in [-0.4, -0.2) is 66.6 Å². The second-order valence-electron chi connectivity index (χ2n) is 7.47. The van der Waals surface area contributed by atoms with Gasteiger partial charge in [0.05, 0.1) is 13.1 Å². The molecular weight excluding hydrogens is 396 g/mol. The van der Waals surface area contributed by atoms with Crippen molar-refractivity contribution in [2.75, 3.05) is 25.1 Å². The molecule has 0 bridgehead atoms. The molecule has 0 aromatic heterocycles. The van der Waals surface area contributed by atoms with E-state index in [1.54, 1.807) is 13.2 Å². The highest BCUT2D eigenvalue weighted by Gasteiger charge is 2.24. The third-order valence-corrected chi connectivity index (χ3v) is 4.61. The fourth-order valence-electron chi connectivity index (χ4n) is 2.49. The number of carbonyl (C=O) groups excluding carboxylic acids is 5. The van der Waals surface area contributed by atoms with Gasteiger partial charge in [0.25, 0.3) is 0 Å². The van der Waals surface area contributed by atoms with Gasteiger partial charge in [-0.3, -0.25) is 24.0 Å². The standard InChI is InChI=1S/C19H34N4O5S/c1-11(2)7-12(3)17(26)21-9-16(25)23-15(10-29-6)19(28)22-14(5)18(27)20-8-13(4)24/h11-12,14-15H,7-10H2,1-6H3,(H,20,27)(H,21,26)(H,22,28)(H,23,25)/t12-,14-,15-/m0/s1. The predicted molar refractivity (Wildman–Crippen MR) is 113 cm³/mol. The van der Waals surface area contributed by atoms with E-state index >= 15 is 0 Å². The van der Waals surface area contributed by atoms with Crippen LogP contribution < -0.4 is 21.3 Å². The molecule has 0 aliphatic heterocycles. The molecule has 3 atom stereocenters. The number of rotatable bonds is 13. The molecule has 0 aliphatic carbocycles. The van der Waals surface area contributed by atoms with E-state index in [9.17, 15) is 24.0 Å². The van der Waals surface area contributed by atoms with Crippen molar-refractivity contribution in [1.82, 2.24) is 21.3 Å². The first-order chi connectivity index (χ1) is 13.5. The minimum atomic E-state index is -0.861. The average Bonchev–Trinajstić information content (AvgIpc) is 2.62. The van der Waals surface area contributed by atoms with Crippen molar-refractivity contribution in [3.63, 3.8) is 0 Å². The van der Waals surface area contributed by atoms with Gasteiger partial charge in [-0.05, 0) is 32.4 Å². The second kappa shape index (κ2) is 14.0. The molecule has 0 spiro atoms. The van der Waals surface area contributed by atoms with Crippen LogP contribution in [0.1, 0.15) is 41.0 Å². The number of nitrogens with one attached hydrogen (secondary N) is 4. The summed E-state index contributed by atoms with van der Waals surface area (Å²) in [5, 5.41) is 10.1. The zero-order chi connectivity index (χ0) is 22.6. The number of thioether (sulfide) groups is 1. The van der Waals surface area contributed by atoms with Crippen LogP contribution in [0.5, 0.6) is 0 Å². The molecule has 0 saturated carbocycles. The van der Waals surface area contributed by atoms with Crippen LogP contribution in [-0.2, 0) is 24.0 Å². The van der Waals surface area contributed by atoms with Crippen LogP contribution >= 0.6 is 11.8 Å². The van der Waals surface area contributed by atoms with Gasteiger partial charge < -0.3 is 21.3 Å². The van der Waals surface area contributed by atoms with Crippen molar-refractivity contribution < 1.29 is 24.0 Å². The Bertz CT molecular complexity index is 597. The largest absolute Gasteiger partial charge is 0.347 e. The molecule has 0 heterocycles. The minimum Gasteiger partial charge on any atom is -0.347 e.